The molecule has 2 heterocycles. The van der Waals surface area contributed by atoms with Crippen LogP contribution in [0.4, 0.5) is 0 Å². The summed E-state index contributed by atoms with van der Waals surface area (Å²) in [5.74, 6) is 2.49. The standard InChI is InChI=1S/C12H21NO2S/c1-13(11-2-7-16-8-11)9-12(10-14)3-5-15-6-4-12/h10-11H,2-9H2,1H3. The molecule has 0 radical (unpaired) electrons. The summed E-state index contributed by atoms with van der Waals surface area (Å²) in [7, 11) is 2.16. The van der Waals surface area contributed by atoms with Crippen LogP contribution in [-0.4, -0.2) is 55.5 Å². The van der Waals surface area contributed by atoms with Gasteiger partial charge in [0.05, 0.1) is 0 Å². The van der Waals surface area contributed by atoms with Crippen LogP contribution >= 0.6 is 11.8 Å². The highest BCUT2D eigenvalue weighted by atomic mass is 32.2. The largest absolute Gasteiger partial charge is 0.381 e. The number of ether oxygens (including phenoxy) is 1. The zero-order valence-electron chi connectivity index (χ0n) is 9.98. The van der Waals surface area contributed by atoms with Gasteiger partial charge in [0.25, 0.3) is 0 Å². The van der Waals surface area contributed by atoms with Crippen molar-refractivity contribution in [2.45, 2.75) is 25.3 Å². The Morgan fingerprint density at radius 1 is 1.50 bits per heavy atom. The average Bonchev–Trinajstić information content (AvgIpc) is 2.84. The quantitative estimate of drug-likeness (QED) is 0.699. The Kier molecular flexibility index (Phi) is 4.27. The summed E-state index contributed by atoms with van der Waals surface area (Å²) in [4.78, 5) is 13.7. The molecule has 16 heavy (non-hydrogen) atoms. The molecule has 4 heteroatoms. The fraction of sp³-hybridized carbons (Fsp3) is 0.917. The predicted octanol–water partition coefficient (Wildman–Crippen LogP) is 1.42. The van der Waals surface area contributed by atoms with Crippen LogP contribution < -0.4 is 0 Å². The van der Waals surface area contributed by atoms with Crippen molar-refractivity contribution in [3.05, 3.63) is 0 Å². The molecule has 2 aliphatic heterocycles. The van der Waals surface area contributed by atoms with E-state index in [4.69, 9.17) is 4.74 Å². The van der Waals surface area contributed by atoms with Crippen LogP contribution in [0.2, 0.25) is 0 Å². The summed E-state index contributed by atoms with van der Waals surface area (Å²) in [6, 6.07) is 0.671. The van der Waals surface area contributed by atoms with Gasteiger partial charge < -0.3 is 14.4 Å². The van der Waals surface area contributed by atoms with E-state index < -0.39 is 0 Å². The van der Waals surface area contributed by atoms with Gasteiger partial charge in [0.2, 0.25) is 0 Å². The fourth-order valence-corrected chi connectivity index (χ4v) is 3.89. The Balaban J connectivity index is 1.91. The van der Waals surface area contributed by atoms with Gasteiger partial charge in [-0.15, -0.1) is 0 Å². The minimum Gasteiger partial charge on any atom is -0.381 e. The summed E-state index contributed by atoms with van der Waals surface area (Å²) >= 11 is 2.02. The third-order valence-electron chi connectivity index (χ3n) is 3.83. The molecule has 0 aliphatic carbocycles. The van der Waals surface area contributed by atoms with Crippen molar-refractivity contribution in [1.82, 2.24) is 4.90 Å². The Labute approximate surface area is 102 Å². The summed E-state index contributed by atoms with van der Waals surface area (Å²) in [6.07, 6.45) is 4.22. The Morgan fingerprint density at radius 3 is 2.81 bits per heavy atom. The molecule has 0 bridgehead atoms. The summed E-state index contributed by atoms with van der Waals surface area (Å²) in [5, 5.41) is 0. The first-order valence-corrected chi connectivity index (χ1v) is 7.23. The Bertz CT molecular complexity index is 235. The van der Waals surface area contributed by atoms with E-state index in [-0.39, 0.29) is 5.41 Å². The van der Waals surface area contributed by atoms with Gasteiger partial charge in [-0.3, -0.25) is 0 Å². The highest BCUT2D eigenvalue weighted by Gasteiger charge is 2.35. The van der Waals surface area contributed by atoms with Crippen LogP contribution in [0.3, 0.4) is 0 Å². The molecule has 2 fully saturated rings. The van der Waals surface area contributed by atoms with Crippen molar-refractivity contribution >= 4 is 18.0 Å². The highest BCUT2D eigenvalue weighted by Crippen LogP contribution is 2.31. The predicted molar refractivity (Wildman–Crippen MR) is 66.9 cm³/mol. The van der Waals surface area contributed by atoms with E-state index in [0.29, 0.717) is 6.04 Å². The zero-order chi connectivity index (χ0) is 11.4. The number of nitrogens with zero attached hydrogens (tertiary/aromatic N) is 1. The molecule has 0 N–H and O–H groups in total. The van der Waals surface area contributed by atoms with E-state index in [1.54, 1.807) is 0 Å². The van der Waals surface area contributed by atoms with E-state index in [1.165, 1.54) is 24.2 Å². The molecule has 2 rings (SSSR count). The van der Waals surface area contributed by atoms with Gasteiger partial charge in [0.15, 0.2) is 0 Å². The van der Waals surface area contributed by atoms with Crippen LogP contribution in [0, 0.1) is 5.41 Å². The molecule has 1 atom stereocenters. The van der Waals surface area contributed by atoms with Crippen molar-refractivity contribution in [2.24, 2.45) is 5.41 Å². The van der Waals surface area contributed by atoms with Crippen LogP contribution in [-0.2, 0) is 9.53 Å². The molecule has 0 aromatic carbocycles. The molecular formula is C12H21NO2S. The van der Waals surface area contributed by atoms with E-state index in [9.17, 15) is 4.79 Å². The topological polar surface area (TPSA) is 29.5 Å². The first-order chi connectivity index (χ1) is 7.76. The van der Waals surface area contributed by atoms with Crippen LogP contribution in [0.15, 0.2) is 0 Å². The monoisotopic (exact) mass is 243 g/mol. The molecule has 2 saturated heterocycles. The molecule has 0 aromatic rings. The average molecular weight is 243 g/mol. The number of thioether (sulfide) groups is 1. The van der Waals surface area contributed by atoms with E-state index >= 15 is 0 Å². The molecule has 0 saturated carbocycles. The van der Waals surface area contributed by atoms with Gasteiger partial charge in [-0.05, 0) is 32.1 Å². The molecule has 0 spiro atoms. The first kappa shape index (κ1) is 12.4. The lowest BCUT2D eigenvalue weighted by Crippen LogP contribution is -2.45. The number of hydrogen-bond acceptors (Lipinski definition) is 4. The van der Waals surface area contributed by atoms with Gasteiger partial charge in [-0.25, -0.2) is 0 Å². The van der Waals surface area contributed by atoms with Crippen LogP contribution in [0.1, 0.15) is 19.3 Å². The zero-order valence-corrected chi connectivity index (χ0v) is 10.8. The van der Waals surface area contributed by atoms with Crippen LogP contribution in [0.5, 0.6) is 0 Å². The number of rotatable bonds is 4. The molecule has 1 unspecified atom stereocenters. The van der Waals surface area contributed by atoms with Gasteiger partial charge in [-0.2, -0.15) is 11.8 Å². The van der Waals surface area contributed by atoms with Crippen LogP contribution in [0.25, 0.3) is 0 Å². The lowest BCUT2D eigenvalue weighted by molar-refractivity contribution is -0.123. The lowest BCUT2D eigenvalue weighted by Gasteiger charge is -2.37. The maximum absolute atomic E-state index is 11.3. The van der Waals surface area contributed by atoms with Crippen molar-refractivity contribution in [2.75, 3.05) is 38.3 Å². The number of aldehydes is 1. The maximum Gasteiger partial charge on any atom is 0.127 e. The summed E-state index contributed by atoms with van der Waals surface area (Å²) in [5.41, 5.74) is -0.139. The molecule has 92 valence electrons. The summed E-state index contributed by atoms with van der Waals surface area (Å²) < 4.78 is 5.35. The Hall–Kier alpha value is -0.0600. The van der Waals surface area contributed by atoms with Gasteiger partial charge in [0.1, 0.15) is 6.29 Å². The first-order valence-electron chi connectivity index (χ1n) is 6.08. The van der Waals surface area contributed by atoms with Crippen molar-refractivity contribution < 1.29 is 9.53 Å². The van der Waals surface area contributed by atoms with Gasteiger partial charge in [0, 0.05) is 37.0 Å². The fourth-order valence-electron chi connectivity index (χ4n) is 2.59. The molecule has 2 aliphatic rings. The van der Waals surface area contributed by atoms with E-state index in [1.807, 2.05) is 11.8 Å². The molecule has 0 amide bonds. The third kappa shape index (κ3) is 2.79. The lowest BCUT2D eigenvalue weighted by atomic mass is 9.81. The third-order valence-corrected chi connectivity index (χ3v) is 4.98. The second-order valence-corrected chi connectivity index (χ2v) is 6.17. The van der Waals surface area contributed by atoms with Crippen molar-refractivity contribution in [3.8, 4) is 0 Å². The number of hydrogen-bond donors (Lipinski definition) is 0. The SMILES string of the molecule is CN(CC1(C=O)CCOCC1)C1CCSC1. The summed E-state index contributed by atoms with van der Waals surface area (Å²) in [6.45, 7) is 2.39. The molecule has 3 nitrogen and oxygen atoms in total. The second kappa shape index (κ2) is 5.52. The van der Waals surface area contributed by atoms with E-state index in [0.717, 1.165) is 32.6 Å². The highest BCUT2D eigenvalue weighted by molar-refractivity contribution is 7.99. The smallest absolute Gasteiger partial charge is 0.127 e. The maximum atomic E-state index is 11.3. The minimum absolute atomic E-state index is 0.139. The van der Waals surface area contributed by atoms with E-state index in [2.05, 4.69) is 11.9 Å². The van der Waals surface area contributed by atoms with Crippen molar-refractivity contribution in [1.29, 1.82) is 0 Å². The Morgan fingerprint density at radius 2 is 2.25 bits per heavy atom. The second-order valence-electron chi connectivity index (χ2n) is 5.03. The molecular weight excluding hydrogens is 222 g/mol. The van der Waals surface area contributed by atoms with Gasteiger partial charge >= 0.3 is 0 Å². The molecule has 0 aromatic heterocycles. The van der Waals surface area contributed by atoms with Crippen molar-refractivity contribution in [3.63, 3.8) is 0 Å². The number of carbonyl (C=O) groups is 1. The number of carbonyl (C=O) groups excluding carboxylic acids is 1. The normalized spacial score (nSPS) is 29.5. The minimum atomic E-state index is -0.139. The van der Waals surface area contributed by atoms with Gasteiger partial charge in [-0.1, -0.05) is 0 Å².